The Hall–Kier alpha value is -0.850. The van der Waals surface area contributed by atoms with Crippen LogP contribution in [-0.4, -0.2) is 5.91 Å². The predicted octanol–water partition coefficient (Wildman–Crippen LogP) is 4.99. The summed E-state index contributed by atoms with van der Waals surface area (Å²) in [5.41, 5.74) is 0.213. The van der Waals surface area contributed by atoms with Crippen molar-refractivity contribution in [1.29, 1.82) is 0 Å². The first-order chi connectivity index (χ1) is 8.99. The summed E-state index contributed by atoms with van der Waals surface area (Å²) in [7, 11) is 0. The monoisotopic (exact) mass is 409 g/mol. The molecule has 2 aromatic rings. The van der Waals surface area contributed by atoms with Crippen LogP contribution in [0.25, 0.3) is 0 Å². The van der Waals surface area contributed by atoms with Gasteiger partial charge in [-0.1, -0.05) is 29.3 Å². The molecule has 0 unspecified atom stereocenters. The molecule has 98 valence electrons. The molecule has 0 saturated heterocycles. The molecule has 2 aromatic carbocycles. The number of anilines is 1. The number of rotatable bonds is 2. The van der Waals surface area contributed by atoms with Crippen LogP contribution in [0, 0.1) is 9.39 Å². The lowest BCUT2D eigenvalue weighted by atomic mass is 10.2. The zero-order valence-corrected chi connectivity index (χ0v) is 13.1. The molecule has 2 nitrogen and oxygen atoms in total. The average molecular weight is 410 g/mol. The largest absolute Gasteiger partial charge is 0.320 e. The molecule has 19 heavy (non-hydrogen) atoms. The lowest BCUT2D eigenvalue weighted by molar-refractivity contribution is 0.102. The highest BCUT2D eigenvalue weighted by Gasteiger charge is 2.16. The minimum absolute atomic E-state index is 0.0548. The van der Waals surface area contributed by atoms with Crippen LogP contribution in [0.15, 0.2) is 36.4 Å². The van der Waals surface area contributed by atoms with E-state index in [0.717, 1.165) is 3.57 Å². The zero-order valence-electron chi connectivity index (χ0n) is 9.38. The predicted molar refractivity (Wildman–Crippen MR) is 83.5 cm³/mol. The Balaban J connectivity index is 2.31. The summed E-state index contributed by atoms with van der Waals surface area (Å²) in [6.07, 6.45) is 0. The number of hydrogen-bond donors (Lipinski definition) is 1. The molecule has 0 atom stereocenters. The molecule has 0 spiro atoms. The SMILES string of the molecule is O=C(Nc1ccc(I)cc1Cl)c1c(F)cccc1Cl. The second kappa shape index (κ2) is 6.07. The van der Waals surface area contributed by atoms with Gasteiger partial charge in [-0.15, -0.1) is 0 Å². The molecule has 1 N–H and O–H groups in total. The third-order valence-corrected chi connectivity index (χ3v) is 3.67. The van der Waals surface area contributed by atoms with Gasteiger partial charge in [0.15, 0.2) is 0 Å². The Labute approximate surface area is 133 Å². The van der Waals surface area contributed by atoms with E-state index in [9.17, 15) is 9.18 Å². The van der Waals surface area contributed by atoms with Gasteiger partial charge in [-0.3, -0.25) is 4.79 Å². The minimum atomic E-state index is -0.674. The molecule has 0 bridgehead atoms. The molecule has 0 aliphatic carbocycles. The van der Waals surface area contributed by atoms with Crippen LogP contribution in [0.4, 0.5) is 10.1 Å². The fourth-order valence-electron chi connectivity index (χ4n) is 1.49. The summed E-state index contributed by atoms with van der Waals surface area (Å²) in [4.78, 5) is 12.0. The number of amides is 1. The van der Waals surface area contributed by atoms with E-state index in [-0.39, 0.29) is 10.6 Å². The minimum Gasteiger partial charge on any atom is -0.320 e. The summed E-state index contributed by atoms with van der Waals surface area (Å²) in [6, 6.07) is 9.19. The van der Waals surface area contributed by atoms with E-state index >= 15 is 0 Å². The van der Waals surface area contributed by atoms with Gasteiger partial charge in [0.25, 0.3) is 5.91 Å². The molecule has 0 radical (unpaired) electrons. The number of carbonyl (C=O) groups is 1. The molecule has 0 aliphatic heterocycles. The Morgan fingerprint density at radius 1 is 1.16 bits per heavy atom. The van der Waals surface area contributed by atoms with Gasteiger partial charge in [-0.25, -0.2) is 4.39 Å². The second-order valence-electron chi connectivity index (χ2n) is 3.67. The van der Waals surface area contributed by atoms with Gasteiger partial charge >= 0.3 is 0 Å². The summed E-state index contributed by atoms with van der Waals surface area (Å²) >= 11 is 13.9. The van der Waals surface area contributed by atoms with Gasteiger partial charge < -0.3 is 5.32 Å². The van der Waals surface area contributed by atoms with E-state index in [1.54, 1.807) is 18.2 Å². The molecule has 0 fully saturated rings. The van der Waals surface area contributed by atoms with Gasteiger partial charge in [0.1, 0.15) is 5.82 Å². The van der Waals surface area contributed by atoms with Crippen molar-refractivity contribution in [2.24, 2.45) is 0 Å². The van der Waals surface area contributed by atoms with E-state index in [4.69, 9.17) is 23.2 Å². The molecule has 6 heteroatoms. The smallest absolute Gasteiger partial charge is 0.260 e. The molecular formula is C13H7Cl2FINO. The topological polar surface area (TPSA) is 29.1 Å². The van der Waals surface area contributed by atoms with Crippen LogP contribution >= 0.6 is 45.8 Å². The maximum Gasteiger partial charge on any atom is 0.260 e. The highest BCUT2D eigenvalue weighted by atomic mass is 127. The highest BCUT2D eigenvalue weighted by molar-refractivity contribution is 14.1. The Morgan fingerprint density at radius 3 is 2.53 bits per heavy atom. The third-order valence-electron chi connectivity index (χ3n) is 2.37. The van der Waals surface area contributed by atoms with Crippen LogP contribution in [-0.2, 0) is 0 Å². The van der Waals surface area contributed by atoms with Crippen molar-refractivity contribution in [1.82, 2.24) is 0 Å². The molecule has 0 aliphatic rings. The summed E-state index contributed by atoms with van der Waals surface area (Å²) in [5, 5.41) is 2.97. The lowest BCUT2D eigenvalue weighted by Crippen LogP contribution is -2.14. The highest BCUT2D eigenvalue weighted by Crippen LogP contribution is 2.26. The molecular weight excluding hydrogens is 403 g/mol. The van der Waals surface area contributed by atoms with Crippen LogP contribution in [0.1, 0.15) is 10.4 Å². The van der Waals surface area contributed by atoms with E-state index in [2.05, 4.69) is 27.9 Å². The summed E-state index contributed by atoms with van der Waals surface area (Å²) in [5.74, 6) is -1.31. The van der Waals surface area contributed by atoms with E-state index in [1.807, 2.05) is 0 Å². The normalized spacial score (nSPS) is 10.3. The first-order valence-corrected chi connectivity index (χ1v) is 7.03. The maximum atomic E-state index is 13.6. The van der Waals surface area contributed by atoms with Gasteiger partial charge in [0, 0.05) is 3.57 Å². The van der Waals surface area contributed by atoms with Gasteiger partial charge in [0.2, 0.25) is 0 Å². The van der Waals surface area contributed by atoms with Crippen molar-refractivity contribution in [2.75, 3.05) is 5.32 Å². The fourth-order valence-corrected chi connectivity index (χ4v) is 2.64. The quantitative estimate of drug-likeness (QED) is 0.695. The number of nitrogens with one attached hydrogen (secondary N) is 1. The first-order valence-electron chi connectivity index (χ1n) is 5.19. The number of hydrogen-bond acceptors (Lipinski definition) is 1. The molecule has 0 aromatic heterocycles. The van der Waals surface area contributed by atoms with Crippen molar-refractivity contribution < 1.29 is 9.18 Å². The lowest BCUT2D eigenvalue weighted by Gasteiger charge is -2.09. The number of carbonyl (C=O) groups excluding carboxylic acids is 1. The third kappa shape index (κ3) is 3.38. The first kappa shape index (κ1) is 14.6. The number of benzene rings is 2. The van der Waals surface area contributed by atoms with Crippen molar-refractivity contribution in [3.63, 3.8) is 0 Å². The van der Waals surface area contributed by atoms with E-state index in [0.29, 0.717) is 10.7 Å². The summed E-state index contributed by atoms with van der Waals surface area (Å²) < 4.78 is 14.5. The molecule has 0 saturated carbocycles. The van der Waals surface area contributed by atoms with Crippen LogP contribution in [0.3, 0.4) is 0 Å². The summed E-state index contributed by atoms with van der Waals surface area (Å²) in [6.45, 7) is 0. The standard InChI is InChI=1S/C13H7Cl2FINO/c14-8-2-1-3-10(16)12(8)13(19)18-11-5-4-7(17)6-9(11)15/h1-6H,(H,18,19). The average Bonchev–Trinajstić information content (AvgIpc) is 2.32. The Bertz CT molecular complexity index is 628. The Kier molecular flexibility index (Phi) is 4.65. The maximum absolute atomic E-state index is 13.6. The Morgan fingerprint density at radius 2 is 1.89 bits per heavy atom. The van der Waals surface area contributed by atoms with E-state index < -0.39 is 11.7 Å². The van der Waals surface area contributed by atoms with Crippen LogP contribution in [0.2, 0.25) is 10.0 Å². The van der Waals surface area contributed by atoms with Crippen molar-refractivity contribution in [3.05, 3.63) is 61.4 Å². The van der Waals surface area contributed by atoms with Crippen molar-refractivity contribution >= 4 is 57.4 Å². The van der Waals surface area contributed by atoms with Gasteiger partial charge in [0.05, 0.1) is 21.3 Å². The molecule has 2 rings (SSSR count). The second-order valence-corrected chi connectivity index (χ2v) is 5.73. The molecule has 1 amide bonds. The molecule has 0 heterocycles. The fraction of sp³-hybridized carbons (Fsp3) is 0. The zero-order chi connectivity index (χ0) is 14.0. The van der Waals surface area contributed by atoms with Gasteiger partial charge in [-0.05, 0) is 52.9 Å². The van der Waals surface area contributed by atoms with Crippen LogP contribution in [0.5, 0.6) is 0 Å². The van der Waals surface area contributed by atoms with E-state index in [1.165, 1.54) is 18.2 Å². The van der Waals surface area contributed by atoms with Crippen molar-refractivity contribution in [3.8, 4) is 0 Å². The van der Waals surface area contributed by atoms with Crippen LogP contribution < -0.4 is 5.32 Å². The van der Waals surface area contributed by atoms with Gasteiger partial charge in [-0.2, -0.15) is 0 Å². The number of halogens is 4. The van der Waals surface area contributed by atoms with Crippen molar-refractivity contribution in [2.45, 2.75) is 0 Å².